The lowest BCUT2D eigenvalue weighted by Crippen LogP contribution is -1.99. The van der Waals surface area contributed by atoms with Gasteiger partial charge in [0.25, 0.3) is 0 Å². The van der Waals surface area contributed by atoms with Crippen LogP contribution in [0.25, 0.3) is 22.4 Å². The molecule has 20 heavy (non-hydrogen) atoms. The highest BCUT2D eigenvalue weighted by atomic mass is 16.3. The Hall–Kier alpha value is -2.23. The van der Waals surface area contributed by atoms with Gasteiger partial charge in [0.05, 0.1) is 0 Å². The second-order valence-electron chi connectivity index (χ2n) is 4.85. The summed E-state index contributed by atoms with van der Waals surface area (Å²) in [6, 6.07) is 10.2. The summed E-state index contributed by atoms with van der Waals surface area (Å²) in [6.07, 6.45) is 2.01. The molecule has 4 heteroatoms. The molecule has 0 aliphatic carbocycles. The van der Waals surface area contributed by atoms with E-state index >= 15 is 0 Å². The van der Waals surface area contributed by atoms with Crippen molar-refractivity contribution in [2.24, 2.45) is 0 Å². The maximum atomic E-state index is 5.99. The van der Waals surface area contributed by atoms with E-state index in [1.54, 1.807) is 0 Å². The van der Waals surface area contributed by atoms with E-state index in [2.05, 4.69) is 35.4 Å². The normalized spacial score (nSPS) is 11.1. The number of benzene rings is 1. The van der Waals surface area contributed by atoms with Crippen molar-refractivity contribution in [2.45, 2.75) is 26.7 Å². The summed E-state index contributed by atoms with van der Waals surface area (Å²) in [5.41, 5.74) is 3.08. The fraction of sp³-hybridized carbons (Fsp3) is 0.312. The summed E-state index contributed by atoms with van der Waals surface area (Å²) in [5, 5.41) is 11.8. The molecule has 0 saturated heterocycles. The molecule has 104 valence electrons. The topological polar surface area (TPSA) is 53.9 Å². The maximum absolute atomic E-state index is 5.99. The fourth-order valence-corrected chi connectivity index (χ4v) is 2.45. The number of H-pyrrole nitrogens is 1. The molecule has 0 aliphatic heterocycles. The van der Waals surface area contributed by atoms with E-state index in [1.165, 1.54) is 10.9 Å². The molecule has 0 fully saturated rings. The van der Waals surface area contributed by atoms with Crippen molar-refractivity contribution in [3.8, 4) is 11.5 Å². The SMILES string of the molecule is CCCNc1cc(-c2oc3ccccc3c2CC)[nH]n1. The van der Waals surface area contributed by atoms with Gasteiger partial charge in [0.15, 0.2) is 5.76 Å². The molecule has 2 heterocycles. The van der Waals surface area contributed by atoms with Crippen molar-refractivity contribution in [3.63, 3.8) is 0 Å². The van der Waals surface area contributed by atoms with Crippen molar-refractivity contribution in [2.75, 3.05) is 11.9 Å². The van der Waals surface area contributed by atoms with Crippen LogP contribution in [0.4, 0.5) is 5.82 Å². The van der Waals surface area contributed by atoms with Crippen LogP contribution in [0.3, 0.4) is 0 Å². The van der Waals surface area contributed by atoms with Crippen molar-refractivity contribution in [1.29, 1.82) is 0 Å². The zero-order valence-corrected chi connectivity index (χ0v) is 11.9. The first-order valence-corrected chi connectivity index (χ1v) is 7.13. The first-order valence-electron chi connectivity index (χ1n) is 7.13. The fourth-order valence-electron chi connectivity index (χ4n) is 2.45. The third-order valence-corrected chi connectivity index (χ3v) is 3.43. The molecule has 0 aliphatic rings. The third kappa shape index (κ3) is 2.18. The van der Waals surface area contributed by atoms with Crippen LogP contribution in [0.1, 0.15) is 25.8 Å². The minimum atomic E-state index is 0.865. The van der Waals surface area contributed by atoms with Gasteiger partial charge in [0.1, 0.15) is 17.1 Å². The highest BCUT2D eigenvalue weighted by Crippen LogP contribution is 2.33. The number of aromatic amines is 1. The third-order valence-electron chi connectivity index (χ3n) is 3.43. The first kappa shape index (κ1) is 12.8. The molecule has 0 spiro atoms. The molecule has 0 saturated carbocycles. The van der Waals surface area contributed by atoms with Crippen molar-refractivity contribution >= 4 is 16.8 Å². The second-order valence-corrected chi connectivity index (χ2v) is 4.85. The Morgan fingerprint density at radius 2 is 2.10 bits per heavy atom. The molecule has 2 aromatic heterocycles. The van der Waals surface area contributed by atoms with Gasteiger partial charge >= 0.3 is 0 Å². The first-order chi connectivity index (χ1) is 9.83. The van der Waals surface area contributed by atoms with Gasteiger partial charge in [-0.3, -0.25) is 5.10 Å². The average Bonchev–Trinajstić information content (AvgIpc) is 3.08. The van der Waals surface area contributed by atoms with Gasteiger partial charge in [-0.25, -0.2) is 0 Å². The number of fused-ring (bicyclic) bond motifs is 1. The molecule has 0 radical (unpaired) electrons. The number of furan rings is 1. The summed E-state index contributed by atoms with van der Waals surface area (Å²) >= 11 is 0. The molecule has 1 aromatic carbocycles. The van der Waals surface area contributed by atoms with Crippen molar-refractivity contribution in [1.82, 2.24) is 10.2 Å². The van der Waals surface area contributed by atoms with Crippen LogP contribution in [-0.2, 0) is 6.42 Å². The Morgan fingerprint density at radius 3 is 2.90 bits per heavy atom. The highest BCUT2D eigenvalue weighted by molar-refractivity contribution is 5.87. The van der Waals surface area contributed by atoms with Gasteiger partial charge in [-0.1, -0.05) is 32.0 Å². The number of aromatic nitrogens is 2. The molecule has 0 unspecified atom stereocenters. The van der Waals surface area contributed by atoms with Gasteiger partial charge in [0, 0.05) is 23.6 Å². The molecule has 2 N–H and O–H groups in total. The summed E-state index contributed by atoms with van der Waals surface area (Å²) in [7, 11) is 0. The van der Waals surface area contributed by atoms with E-state index in [0.717, 1.165) is 42.2 Å². The number of aryl methyl sites for hydroxylation is 1. The quantitative estimate of drug-likeness (QED) is 0.729. The molecule has 0 bridgehead atoms. The minimum absolute atomic E-state index is 0.865. The molecule has 3 rings (SSSR count). The lowest BCUT2D eigenvalue weighted by atomic mass is 10.1. The predicted octanol–water partition coefficient (Wildman–Crippen LogP) is 4.21. The Morgan fingerprint density at radius 1 is 1.25 bits per heavy atom. The number of hydrogen-bond donors (Lipinski definition) is 2. The maximum Gasteiger partial charge on any atom is 0.156 e. The Labute approximate surface area is 118 Å². The lowest BCUT2D eigenvalue weighted by Gasteiger charge is -1.97. The van der Waals surface area contributed by atoms with E-state index in [1.807, 2.05) is 24.3 Å². The van der Waals surface area contributed by atoms with Crippen LogP contribution < -0.4 is 5.32 Å². The Kier molecular flexibility index (Phi) is 3.46. The monoisotopic (exact) mass is 269 g/mol. The van der Waals surface area contributed by atoms with Crippen LogP contribution in [0.5, 0.6) is 0 Å². The van der Waals surface area contributed by atoms with Gasteiger partial charge < -0.3 is 9.73 Å². The number of hydrogen-bond acceptors (Lipinski definition) is 3. The molecule has 0 atom stereocenters. The molecule has 0 amide bonds. The van der Waals surface area contributed by atoms with Crippen LogP contribution in [-0.4, -0.2) is 16.7 Å². The van der Waals surface area contributed by atoms with Gasteiger partial charge in [-0.15, -0.1) is 0 Å². The van der Waals surface area contributed by atoms with Crippen molar-refractivity contribution < 1.29 is 4.42 Å². The number of nitrogens with zero attached hydrogens (tertiary/aromatic N) is 1. The van der Waals surface area contributed by atoms with E-state index in [9.17, 15) is 0 Å². The standard InChI is InChI=1S/C16H19N3O/c1-3-9-17-15-10-13(18-19-15)16-11(4-2)12-7-5-6-8-14(12)20-16/h5-8,10H,3-4,9H2,1-2H3,(H2,17,18,19). The molecule has 4 nitrogen and oxygen atoms in total. The Balaban J connectivity index is 2.02. The Bertz CT molecular complexity index is 711. The summed E-state index contributed by atoms with van der Waals surface area (Å²) in [6.45, 7) is 5.20. The summed E-state index contributed by atoms with van der Waals surface area (Å²) < 4.78 is 5.99. The molecular weight excluding hydrogens is 250 g/mol. The molecular formula is C16H19N3O. The minimum Gasteiger partial charge on any atom is -0.454 e. The van der Waals surface area contributed by atoms with Crippen molar-refractivity contribution in [3.05, 3.63) is 35.9 Å². The predicted molar refractivity (Wildman–Crippen MR) is 82.0 cm³/mol. The van der Waals surface area contributed by atoms with Crippen LogP contribution in [0, 0.1) is 0 Å². The van der Waals surface area contributed by atoms with Gasteiger partial charge in [0.2, 0.25) is 0 Å². The summed E-state index contributed by atoms with van der Waals surface area (Å²) in [4.78, 5) is 0. The van der Waals surface area contributed by atoms with E-state index in [0.29, 0.717) is 0 Å². The zero-order valence-electron chi connectivity index (χ0n) is 11.9. The zero-order chi connectivity index (χ0) is 13.9. The molecule has 3 aromatic rings. The second kappa shape index (κ2) is 5.41. The number of rotatable bonds is 5. The highest BCUT2D eigenvalue weighted by Gasteiger charge is 2.16. The number of nitrogens with one attached hydrogen (secondary N) is 2. The van der Waals surface area contributed by atoms with Crippen LogP contribution in [0.15, 0.2) is 34.7 Å². The van der Waals surface area contributed by atoms with Crippen LogP contribution in [0.2, 0.25) is 0 Å². The summed E-state index contributed by atoms with van der Waals surface area (Å²) in [5.74, 6) is 1.76. The lowest BCUT2D eigenvalue weighted by molar-refractivity contribution is 0.624. The van der Waals surface area contributed by atoms with E-state index < -0.39 is 0 Å². The number of anilines is 1. The largest absolute Gasteiger partial charge is 0.454 e. The number of para-hydroxylation sites is 1. The van der Waals surface area contributed by atoms with Crippen LogP contribution >= 0.6 is 0 Å². The smallest absolute Gasteiger partial charge is 0.156 e. The van der Waals surface area contributed by atoms with Gasteiger partial charge in [-0.05, 0) is 18.9 Å². The van der Waals surface area contributed by atoms with E-state index in [4.69, 9.17) is 4.42 Å². The van der Waals surface area contributed by atoms with Gasteiger partial charge in [-0.2, -0.15) is 5.10 Å². The van der Waals surface area contributed by atoms with E-state index in [-0.39, 0.29) is 0 Å². The average molecular weight is 269 g/mol.